The standard InChI is InChI=1S/C16H23N5O2.HI/c1-3-16(2)13(22)21(15(23)20-16)11-7-10-18-14(17)19-12-8-5-4-6-9-12;/h4-6,8-9H,3,7,10-11H2,1-2H3,(H,20,23)(H3,17,18,19);1H. The molecule has 7 nitrogen and oxygen atoms in total. The first-order chi connectivity index (χ1) is 11.0. The van der Waals surface area contributed by atoms with E-state index in [0.717, 1.165) is 5.69 Å². The lowest BCUT2D eigenvalue weighted by atomic mass is 9.99. The minimum atomic E-state index is -0.783. The summed E-state index contributed by atoms with van der Waals surface area (Å²) in [5, 5.41) is 5.70. The van der Waals surface area contributed by atoms with Crippen molar-refractivity contribution in [3.8, 4) is 0 Å². The molecule has 4 N–H and O–H groups in total. The fourth-order valence-corrected chi connectivity index (χ4v) is 2.33. The van der Waals surface area contributed by atoms with Gasteiger partial charge in [-0.15, -0.1) is 24.0 Å². The van der Waals surface area contributed by atoms with E-state index in [2.05, 4.69) is 15.6 Å². The number of hydrogen-bond donors (Lipinski definition) is 3. The number of guanidine groups is 1. The van der Waals surface area contributed by atoms with Crippen molar-refractivity contribution < 1.29 is 9.59 Å². The van der Waals surface area contributed by atoms with Crippen LogP contribution < -0.4 is 16.4 Å². The lowest BCUT2D eigenvalue weighted by Crippen LogP contribution is -2.43. The first-order valence-corrected chi connectivity index (χ1v) is 7.72. The van der Waals surface area contributed by atoms with E-state index in [-0.39, 0.29) is 35.9 Å². The van der Waals surface area contributed by atoms with Crippen LogP contribution in [0.2, 0.25) is 0 Å². The number of para-hydroxylation sites is 1. The highest BCUT2D eigenvalue weighted by Gasteiger charge is 2.45. The number of imide groups is 1. The summed E-state index contributed by atoms with van der Waals surface area (Å²) < 4.78 is 0. The number of nitrogens with two attached hydrogens (primary N) is 1. The van der Waals surface area contributed by atoms with E-state index < -0.39 is 5.54 Å². The number of nitrogens with zero attached hydrogens (tertiary/aromatic N) is 2. The topological polar surface area (TPSA) is 99.8 Å². The summed E-state index contributed by atoms with van der Waals surface area (Å²) in [7, 11) is 0. The molecule has 0 radical (unpaired) electrons. The van der Waals surface area contributed by atoms with Crippen molar-refractivity contribution >= 4 is 47.6 Å². The predicted molar refractivity (Wildman–Crippen MR) is 106 cm³/mol. The molecule has 1 unspecified atom stereocenters. The van der Waals surface area contributed by atoms with Gasteiger partial charge in [-0.05, 0) is 31.9 Å². The second-order valence-electron chi connectivity index (χ2n) is 5.68. The van der Waals surface area contributed by atoms with Gasteiger partial charge in [-0.25, -0.2) is 4.79 Å². The first kappa shape index (κ1) is 20.2. The van der Waals surface area contributed by atoms with Crippen LogP contribution in [0.25, 0.3) is 0 Å². The number of carbonyl (C=O) groups excluding carboxylic acids is 2. The monoisotopic (exact) mass is 445 g/mol. The van der Waals surface area contributed by atoms with Crippen LogP contribution in [0, 0.1) is 0 Å². The second kappa shape index (κ2) is 8.86. The molecular weight excluding hydrogens is 421 g/mol. The van der Waals surface area contributed by atoms with E-state index in [1.165, 1.54) is 4.90 Å². The number of rotatable bonds is 6. The summed E-state index contributed by atoms with van der Waals surface area (Å²) >= 11 is 0. The van der Waals surface area contributed by atoms with Crippen LogP contribution in [0.3, 0.4) is 0 Å². The fraction of sp³-hybridized carbons (Fsp3) is 0.438. The summed E-state index contributed by atoms with van der Waals surface area (Å²) in [5.41, 5.74) is 5.88. The third-order valence-electron chi connectivity index (χ3n) is 3.92. The molecule has 2 rings (SSSR count). The summed E-state index contributed by atoms with van der Waals surface area (Å²) in [4.78, 5) is 29.5. The maximum Gasteiger partial charge on any atom is 0.325 e. The minimum absolute atomic E-state index is 0. The Hall–Kier alpha value is -1.84. The number of urea groups is 1. The van der Waals surface area contributed by atoms with E-state index in [1.54, 1.807) is 6.92 Å². The molecule has 0 aromatic heterocycles. The van der Waals surface area contributed by atoms with Crippen molar-refractivity contribution in [1.82, 2.24) is 10.2 Å². The average molecular weight is 445 g/mol. The molecule has 0 bridgehead atoms. The molecule has 1 aliphatic rings. The van der Waals surface area contributed by atoms with E-state index in [1.807, 2.05) is 37.3 Å². The van der Waals surface area contributed by atoms with Crippen molar-refractivity contribution in [2.45, 2.75) is 32.2 Å². The molecule has 1 fully saturated rings. The number of nitrogens with one attached hydrogen (secondary N) is 2. The summed E-state index contributed by atoms with van der Waals surface area (Å²) in [6.07, 6.45) is 1.14. The first-order valence-electron chi connectivity index (χ1n) is 7.72. The van der Waals surface area contributed by atoms with E-state index in [0.29, 0.717) is 31.9 Å². The van der Waals surface area contributed by atoms with Crippen molar-refractivity contribution in [3.05, 3.63) is 30.3 Å². The molecule has 0 spiro atoms. The zero-order chi connectivity index (χ0) is 16.9. The Balaban J connectivity index is 0.00000288. The maximum atomic E-state index is 12.2. The van der Waals surface area contributed by atoms with Crippen LogP contribution in [-0.2, 0) is 4.79 Å². The predicted octanol–water partition coefficient (Wildman–Crippen LogP) is 2.14. The van der Waals surface area contributed by atoms with Crippen LogP contribution in [0.4, 0.5) is 10.5 Å². The number of anilines is 1. The third-order valence-corrected chi connectivity index (χ3v) is 3.92. The highest BCUT2D eigenvalue weighted by Crippen LogP contribution is 2.20. The van der Waals surface area contributed by atoms with Gasteiger partial charge in [0.05, 0.1) is 0 Å². The van der Waals surface area contributed by atoms with Crippen molar-refractivity contribution in [3.63, 3.8) is 0 Å². The summed E-state index contributed by atoms with van der Waals surface area (Å²) in [5.74, 6) is 0.135. The number of hydrogen-bond acceptors (Lipinski definition) is 3. The molecule has 8 heteroatoms. The zero-order valence-corrected chi connectivity index (χ0v) is 16.2. The van der Waals surface area contributed by atoms with Crippen LogP contribution in [-0.4, -0.2) is 41.4 Å². The van der Waals surface area contributed by atoms with Crippen LogP contribution >= 0.6 is 24.0 Å². The van der Waals surface area contributed by atoms with Gasteiger partial charge in [0.15, 0.2) is 5.96 Å². The lowest BCUT2D eigenvalue weighted by molar-refractivity contribution is -0.130. The van der Waals surface area contributed by atoms with Gasteiger partial charge in [0.25, 0.3) is 5.91 Å². The van der Waals surface area contributed by atoms with Crippen LogP contribution in [0.1, 0.15) is 26.7 Å². The van der Waals surface area contributed by atoms with Gasteiger partial charge in [0.2, 0.25) is 0 Å². The molecule has 1 saturated heterocycles. The Bertz CT molecular complexity index is 608. The molecule has 0 saturated carbocycles. The number of benzene rings is 1. The van der Waals surface area contributed by atoms with Crippen molar-refractivity contribution in [2.24, 2.45) is 10.7 Å². The smallest absolute Gasteiger partial charge is 0.325 e. The van der Waals surface area contributed by atoms with Gasteiger partial charge >= 0.3 is 6.03 Å². The summed E-state index contributed by atoms with van der Waals surface area (Å²) in [6.45, 7) is 4.39. The number of amides is 3. The number of halogens is 1. The van der Waals surface area contributed by atoms with E-state index in [4.69, 9.17) is 5.73 Å². The van der Waals surface area contributed by atoms with Gasteiger partial charge in [0, 0.05) is 18.8 Å². The molecule has 0 aliphatic carbocycles. The quantitative estimate of drug-likeness (QED) is 0.205. The Morgan fingerprint density at radius 2 is 2.00 bits per heavy atom. The van der Waals surface area contributed by atoms with Gasteiger partial charge in [-0.1, -0.05) is 25.1 Å². The number of carbonyl (C=O) groups is 2. The molecule has 132 valence electrons. The van der Waals surface area contributed by atoms with Gasteiger partial charge in [-0.3, -0.25) is 14.7 Å². The van der Waals surface area contributed by atoms with E-state index >= 15 is 0 Å². The molecule has 1 atom stereocenters. The maximum absolute atomic E-state index is 12.2. The molecule has 1 aromatic rings. The largest absolute Gasteiger partial charge is 0.370 e. The highest BCUT2D eigenvalue weighted by atomic mass is 127. The molecule has 24 heavy (non-hydrogen) atoms. The molecular formula is C16H24IN5O2. The van der Waals surface area contributed by atoms with Crippen LogP contribution in [0.5, 0.6) is 0 Å². The summed E-state index contributed by atoms with van der Waals surface area (Å²) in [6, 6.07) is 9.16. The normalized spacial score (nSPS) is 20.6. The molecule has 1 aromatic carbocycles. The molecule has 1 heterocycles. The Kier molecular flexibility index (Phi) is 7.46. The van der Waals surface area contributed by atoms with Gasteiger partial charge in [0.1, 0.15) is 5.54 Å². The Labute approximate surface area is 159 Å². The zero-order valence-electron chi connectivity index (χ0n) is 13.9. The van der Waals surface area contributed by atoms with Gasteiger partial charge < -0.3 is 16.4 Å². The number of aliphatic imine (C=N–C) groups is 1. The Morgan fingerprint density at radius 1 is 1.33 bits per heavy atom. The Morgan fingerprint density at radius 3 is 2.58 bits per heavy atom. The van der Waals surface area contributed by atoms with E-state index in [9.17, 15) is 9.59 Å². The average Bonchev–Trinajstić information content (AvgIpc) is 2.75. The SMILES string of the molecule is CCC1(C)NC(=O)N(CCCN=C(N)Nc2ccccc2)C1=O.I. The highest BCUT2D eigenvalue weighted by molar-refractivity contribution is 14.0. The van der Waals surface area contributed by atoms with Crippen molar-refractivity contribution in [1.29, 1.82) is 0 Å². The van der Waals surface area contributed by atoms with Crippen LogP contribution in [0.15, 0.2) is 35.3 Å². The minimum Gasteiger partial charge on any atom is -0.370 e. The third kappa shape index (κ3) is 4.83. The fourth-order valence-electron chi connectivity index (χ4n) is 2.33. The molecule has 1 aliphatic heterocycles. The second-order valence-corrected chi connectivity index (χ2v) is 5.68. The lowest BCUT2D eigenvalue weighted by Gasteiger charge is -2.19. The van der Waals surface area contributed by atoms with Gasteiger partial charge in [-0.2, -0.15) is 0 Å². The van der Waals surface area contributed by atoms with Crippen molar-refractivity contribution in [2.75, 3.05) is 18.4 Å². The molecule has 3 amide bonds.